The lowest BCUT2D eigenvalue weighted by atomic mass is 10.1. The molecule has 1 heteroatoms. The summed E-state index contributed by atoms with van der Waals surface area (Å²) in [6.45, 7) is 2.82. The van der Waals surface area contributed by atoms with Crippen LogP contribution in [0.25, 0.3) is 5.73 Å². The van der Waals surface area contributed by atoms with Crippen LogP contribution in [0.1, 0.15) is 24.5 Å². The Bertz CT molecular complexity index is 677. The molecule has 0 N–H and O–H groups in total. The molecule has 1 nitrogen and oxygen atoms in total. The second-order valence-electron chi connectivity index (χ2n) is 4.69. The Morgan fingerprint density at radius 3 is 2.44 bits per heavy atom. The van der Waals surface area contributed by atoms with E-state index in [0.29, 0.717) is 6.61 Å². The van der Waals surface area contributed by atoms with Gasteiger partial charge in [0.05, 0.1) is 0 Å². The van der Waals surface area contributed by atoms with E-state index in [9.17, 15) is 0 Å². The summed E-state index contributed by atoms with van der Waals surface area (Å²) in [7, 11) is 0. The fourth-order valence-electron chi connectivity index (χ4n) is 2.08. The van der Waals surface area contributed by atoms with Gasteiger partial charge in [-0.3, -0.25) is 0 Å². The van der Waals surface area contributed by atoms with E-state index in [1.165, 1.54) is 28.0 Å². The highest BCUT2D eigenvalue weighted by atomic mass is 16.5. The molecule has 1 aliphatic rings. The van der Waals surface area contributed by atoms with Gasteiger partial charge in [0.1, 0.15) is 12.4 Å². The molecular weight excluding hydrogens is 220 g/mol. The molecule has 2 aromatic rings. The predicted octanol–water partition coefficient (Wildman–Crippen LogP) is 2.28. The van der Waals surface area contributed by atoms with Crippen molar-refractivity contribution in [2.45, 2.75) is 26.4 Å². The van der Waals surface area contributed by atoms with E-state index in [0.717, 1.165) is 12.2 Å². The second kappa shape index (κ2) is 4.72. The van der Waals surface area contributed by atoms with Crippen molar-refractivity contribution in [3.05, 3.63) is 64.0 Å². The maximum Gasteiger partial charge on any atom is 0.119 e. The van der Waals surface area contributed by atoms with Gasteiger partial charge in [-0.05, 0) is 41.8 Å². The third-order valence-electron chi connectivity index (χ3n) is 3.16. The number of fused-ring (bicyclic) bond motifs is 1. The first-order chi connectivity index (χ1) is 8.85. The van der Waals surface area contributed by atoms with Gasteiger partial charge in [-0.15, -0.1) is 5.73 Å². The molecule has 0 heterocycles. The summed E-state index contributed by atoms with van der Waals surface area (Å²) in [5.74, 6) is 0.938. The van der Waals surface area contributed by atoms with Crippen LogP contribution in [0, 0.1) is 0 Å². The van der Waals surface area contributed by atoms with Gasteiger partial charge in [-0.25, -0.2) is 0 Å². The van der Waals surface area contributed by atoms with E-state index in [1.54, 1.807) is 0 Å². The fourth-order valence-corrected chi connectivity index (χ4v) is 2.08. The minimum Gasteiger partial charge on any atom is -0.489 e. The Morgan fingerprint density at radius 1 is 0.944 bits per heavy atom. The lowest BCUT2D eigenvalue weighted by Crippen LogP contribution is -2.08. The number of hydrogen-bond acceptors (Lipinski definition) is 1. The quantitative estimate of drug-likeness (QED) is 0.660. The van der Waals surface area contributed by atoms with Crippen LogP contribution < -0.4 is 15.2 Å². The van der Waals surface area contributed by atoms with Crippen molar-refractivity contribution < 1.29 is 4.74 Å². The maximum absolute atomic E-state index is 5.78. The van der Waals surface area contributed by atoms with Crippen LogP contribution in [-0.2, 0) is 13.0 Å². The van der Waals surface area contributed by atoms with E-state index >= 15 is 0 Å². The number of rotatable bonds is 5. The van der Waals surface area contributed by atoms with E-state index < -0.39 is 0 Å². The smallest absolute Gasteiger partial charge is 0.119 e. The molecule has 0 spiro atoms. The van der Waals surface area contributed by atoms with Gasteiger partial charge in [0.2, 0.25) is 0 Å². The van der Waals surface area contributed by atoms with Crippen molar-refractivity contribution in [1.29, 1.82) is 0 Å². The molecule has 0 saturated heterocycles. The molecule has 0 bridgehead atoms. The molecule has 0 aromatic heterocycles. The summed E-state index contributed by atoms with van der Waals surface area (Å²) in [5, 5.41) is 2.47. The van der Waals surface area contributed by atoms with Crippen molar-refractivity contribution in [1.82, 2.24) is 0 Å². The standard InChI is InChI=1S/C17H16O/c1-2-3-13-5-8-17(9-6-13)18-12-14-4-7-15-11-16(15)10-14/h4-10H,2-3,12H2,1H3. The topological polar surface area (TPSA) is 9.23 Å². The van der Waals surface area contributed by atoms with Crippen LogP contribution in [0.15, 0.2) is 42.5 Å². The van der Waals surface area contributed by atoms with Crippen molar-refractivity contribution in [3.63, 3.8) is 0 Å². The molecule has 0 atom stereocenters. The first-order valence-corrected chi connectivity index (χ1v) is 6.47. The lowest BCUT2D eigenvalue weighted by molar-refractivity contribution is 0.306. The van der Waals surface area contributed by atoms with Crippen molar-refractivity contribution in [3.8, 4) is 5.75 Å². The highest BCUT2D eigenvalue weighted by molar-refractivity contribution is 5.39. The molecule has 90 valence electrons. The molecule has 0 unspecified atom stereocenters. The third-order valence-corrected chi connectivity index (χ3v) is 3.16. The Morgan fingerprint density at radius 2 is 1.72 bits per heavy atom. The Balaban J connectivity index is 1.61. The Hall–Kier alpha value is -1.98. The molecule has 0 radical (unpaired) electrons. The summed E-state index contributed by atoms with van der Waals surface area (Å²) in [6, 6.07) is 14.7. The maximum atomic E-state index is 5.78. The zero-order valence-corrected chi connectivity index (χ0v) is 10.6. The number of aryl methyl sites for hydroxylation is 1. The zero-order valence-electron chi connectivity index (χ0n) is 10.6. The van der Waals surface area contributed by atoms with Gasteiger partial charge in [-0.1, -0.05) is 31.5 Å². The zero-order chi connectivity index (χ0) is 12.4. The van der Waals surface area contributed by atoms with Crippen LogP contribution in [-0.4, -0.2) is 0 Å². The summed E-state index contributed by atoms with van der Waals surface area (Å²) in [4.78, 5) is 0. The van der Waals surface area contributed by atoms with Crippen LogP contribution in [0.5, 0.6) is 5.75 Å². The molecule has 1 aliphatic carbocycles. The van der Waals surface area contributed by atoms with E-state index in [4.69, 9.17) is 4.74 Å². The number of ether oxygens (including phenoxy) is 1. The minimum atomic E-state index is 0.627. The van der Waals surface area contributed by atoms with Crippen molar-refractivity contribution in [2.75, 3.05) is 0 Å². The summed E-state index contributed by atoms with van der Waals surface area (Å²) in [5.41, 5.74) is 5.77. The van der Waals surface area contributed by atoms with Gasteiger partial charge in [-0.2, -0.15) is 0 Å². The van der Waals surface area contributed by atoms with Crippen LogP contribution in [0.2, 0.25) is 0 Å². The molecule has 0 saturated carbocycles. The Kier molecular flexibility index (Phi) is 2.92. The molecule has 0 aliphatic heterocycles. The molecule has 0 fully saturated rings. The van der Waals surface area contributed by atoms with Crippen molar-refractivity contribution >= 4 is 5.73 Å². The van der Waals surface area contributed by atoms with E-state index in [2.05, 4.69) is 55.1 Å². The van der Waals surface area contributed by atoms with Gasteiger partial charge >= 0.3 is 0 Å². The summed E-state index contributed by atoms with van der Waals surface area (Å²) < 4.78 is 5.78. The predicted molar refractivity (Wildman–Crippen MR) is 73.0 cm³/mol. The van der Waals surface area contributed by atoms with E-state index in [1.807, 2.05) is 0 Å². The highest BCUT2D eigenvalue weighted by Gasteiger charge is 2.00. The van der Waals surface area contributed by atoms with Crippen molar-refractivity contribution in [2.24, 2.45) is 0 Å². The normalized spacial score (nSPS) is 11.2. The van der Waals surface area contributed by atoms with Gasteiger partial charge in [0.25, 0.3) is 0 Å². The minimum absolute atomic E-state index is 0.627. The Labute approximate surface area is 107 Å². The molecule has 18 heavy (non-hydrogen) atoms. The average molecular weight is 236 g/mol. The number of hydrogen-bond donors (Lipinski definition) is 0. The fraction of sp³-hybridized carbons (Fsp3) is 0.235. The van der Waals surface area contributed by atoms with Gasteiger partial charge < -0.3 is 4.74 Å². The first kappa shape index (κ1) is 11.1. The monoisotopic (exact) mass is 236 g/mol. The molecule has 0 amide bonds. The summed E-state index contributed by atoms with van der Waals surface area (Å²) in [6.07, 6.45) is 2.32. The SMILES string of the molecule is CCCc1ccc(OCc2ccc3c(c2)=C=3)cc1. The highest BCUT2D eigenvalue weighted by Crippen LogP contribution is 2.14. The van der Waals surface area contributed by atoms with Gasteiger partial charge in [0.15, 0.2) is 0 Å². The molecule has 2 aromatic carbocycles. The molecule has 3 rings (SSSR count). The van der Waals surface area contributed by atoms with Gasteiger partial charge in [0, 0.05) is 10.4 Å². The number of benzene rings is 2. The first-order valence-electron chi connectivity index (χ1n) is 6.47. The van der Waals surface area contributed by atoms with Crippen LogP contribution in [0.4, 0.5) is 0 Å². The van der Waals surface area contributed by atoms with E-state index in [-0.39, 0.29) is 0 Å². The lowest BCUT2D eigenvalue weighted by Gasteiger charge is -2.06. The molecular formula is C17H16O. The average Bonchev–Trinajstić information content (AvgIpc) is 3.17. The van der Waals surface area contributed by atoms with Crippen LogP contribution in [0.3, 0.4) is 0 Å². The second-order valence-corrected chi connectivity index (χ2v) is 4.69. The van der Waals surface area contributed by atoms with Crippen LogP contribution >= 0.6 is 0 Å². The third kappa shape index (κ3) is 2.47. The summed E-state index contributed by atoms with van der Waals surface area (Å²) >= 11 is 0. The largest absolute Gasteiger partial charge is 0.489 e.